The fourth-order valence-corrected chi connectivity index (χ4v) is 2.43. The first-order valence-electron chi connectivity index (χ1n) is 7.27. The highest BCUT2D eigenvalue weighted by Gasteiger charge is 2.10. The number of benzene rings is 2. The Hall–Kier alpha value is -3.02. The summed E-state index contributed by atoms with van der Waals surface area (Å²) in [6.07, 6.45) is 0.594. The molecule has 0 bridgehead atoms. The van der Waals surface area contributed by atoms with Gasteiger partial charge in [0.05, 0.1) is 17.7 Å². The highest BCUT2D eigenvalue weighted by Crippen LogP contribution is 2.17. The molecule has 0 aliphatic rings. The molecule has 2 N–H and O–H groups in total. The van der Waals surface area contributed by atoms with Crippen molar-refractivity contribution in [2.45, 2.75) is 13.0 Å². The van der Waals surface area contributed by atoms with Crippen LogP contribution in [0.4, 0.5) is 0 Å². The molecule has 118 valence electrons. The van der Waals surface area contributed by atoms with Gasteiger partial charge in [-0.3, -0.25) is 9.36 Å². The number of amides is 1. The van der Waals surface area contributed by atoms with E-state index in [1.165, 1.54) is 0 Å². The second kappa shape index (κ2) is 6.39. The van der Waals surface area contributed by atoms with Crippen molar-refractivity contribution in [1.82, 2.24) is 4.57 Å². The van der Waals surface area contributed by atoms with Crippen LogP contribution in [0.25, 0.3) is 11.1 Å². The Bertz CT molecular complexity index is 895. The number of fused-ring (bicyclic) bond motifs is 1. The van der Waals surface area contributed by atoms with E-state index < -0.39 is 5.91 Å². The Morgan fingerprint density at radius 2 is 1.87 bits per heavy atom. The summed E-state index contributed by atoms with van der Waals surface area (Å²) < 4.78 is 12.3. The molecule has 0 aliphatic carbocycles. The van der Waals surface area contributed by atoms with Crippen molar-refractivity contribution in [3.63, 3.8) is 0 Å². The third-order valence-electron chi connectivity index (χ3n) is 3.51. The topological polar surface area (TPSA) is 87.5 Å². The van der Waals surface area contributed by atoms with Gasteiger partial charge in [0.25, 0.3) is 5.91 Å². The van der Waals surface area contributed by atoms with Crippen molar-refractivity contribution < 1.29 is 13.9 Å². The number of hydrogen-bond donors (Lipinski definition) is 1. The summed E-state index contributed by atoms with van der Waals surface area (Å²) >= 11 is 0. The fourth-order valence-electron chi connectivity index (χ4n) is 2.43. The fraction of sp³-hybridized carbons (Fsp3) is 0.176. The molecule has 2 aromatic carbocycles. The lowest BCUT2D eigenvalue weighted by Gasteiger charge is -2.09. The van der Waals surface area contributed by atoms with Gasteiger partial charge in [0.2, 0.25) is 0 Å². The summed E-state index contributed by atoms with van der Waals surface area (Å²) in [5.41, 5.74) is 6.97. The van der Waals surface area contributed by atoms with Gasteiger partial charge in [-0.15, -0.1) is 0 Å². The average Bonchev–Trinajstić information content (AvgIpc) is 2.87. The molecule has 1 amide bonds. The largest absolute Gasteiger partial charge is 0.493 e. The second-order valence-electron chi connectivity index (χ2n) is 5.05. The van der Waals surface area contributed by atoms with Crippen molar-refractivity contribution in [2.24, 2.45) is 5.73 Å². The Kier molecular flexibility index (Phi) is 4.14. The first kappa shape index (κ1) is 14.9. The molecule has 0 spiro atoms. The van der Waals surface area contributed by atoms with Crippen LogP contribution >= 0.6 is 0 Å². The van der Waals surface area contributed by atoms with Crippen LogP contribution in [0, 0.1) is 0 Å². The lowest BCUT2D eigenvalue weighted by atomic mass is 10.2. The molecule has 6 heteroatoms. The molecule has 0 fully saturated rings. The molecule has 0 aliphatic heterocycles. The molecule has 1 heterocycles. The van der Waals surface area contributed by atoms with E-state index in [0.29, 0.717) is 36.5 Å². The van der Waals surface area contributed by atoms with Gasteiger partial charge in [-0.1, -0.05) is 24.3 Å². The standard InChI is InChI=1S/C17H16N2O4/c18-16(20)12-6-1-3-8-14(12)22-11-5-10-19-13-7-2-4-9-15(13)23-17(19)21/h1-4,6-9H,5,10-11H2,(H2,18,20). The first-order chi connectivity index (χ1) is 11.2. The second-order valence-corrected chi connectivity index (χ2v) is 5.05. The van der Waals surface area contributed by atoms with E-state index in [4.69, 9.17) is 14.9 Å². The lowest BCUT2D eigenvalue weighted by Crippen LogP contribution is -2.17. The molecule has 0 saturated heterocycles. The number of carbonyl (C=O) groups is 1. The maximum absolute atomic E-state index is 11.8. The smallest absolute Gasteiger partial charge is 0.419 e. The summed E-state index contributed by atoms with van der Waals surface area (Å²) in [6.45, 7) is 0.824. The maximum Gasteiger partial charge on any atom is 0.419 e. The summed E-state index contributed by atoms with van der Waals surface area (Å²) in [7, 11) is 0. The number of nitrogens with zero attached hydrogens (tertiary/aromatic N) is 1. The highest BCUT2D eigenvalue weighted by atomic mass is 16.5. The Morgan fingerprint density at radius 1 is 1.13 bits per heavy atom. The average molecular weight is 312 g/mol. The van der Waals surface area contributed by atoms with Crippen LogP contribution < -0.4 is 16.2 Å². The number of aromatic nitrogens is 1. The number of primary amides is 1. The summed E-state index contributed by atoms with van der Waals surface area (Å²) in [5.74, 6) is -0.467. The van der Waals surface area contributed by atoms with Gasteiger partial charge in [0.1, 0.15) is 5.75 Å². The van der Waals surface area contributed by atoms with E-state index in [9.17, 15) is 9.59 Å². The van der Waals surface area contributed by atoms with Gasteiger partial charge in [-0.25, -0.2) is 4.79 Å². The lowest BCUT2D eigenvalue weighted by molar-refractivity contribution is 0.0996. The summed E-state index contributed by atoms with van der Waals surface area (Å²) in [5, 5.41) is 0. The van der Waals surface area contributed by atoms with Crippen molar-refractivity contribution >= 4 is 17.0 Å². The highest BCUT2D eigenvalue weighted by molar-refractivity contribution is 5.95. The van der Waals surface area contributed by atoms with Gasteiger partial charge in [0.15, 0.2) is 5.58 Å². The SMILES string of the molecule is NC(=O)c1ccccc1OCCCn1c(=O)oc2ccccc21. The zero-order chi connectivity index (χ0) is 16.2. The van der Waals surface area contributed by atoms with Crippen molar-refractivity contribution in [2.75, 3.05) is 6.61 Å². The number of ether oxygens (including phenoxy) is 1. The molecule has 6 nitrogen and oxygen atoms in total. The summed E-state index contributed by atoms with van der Waals surface area (Å²) in [4.78, 5) is 23.2. The van der Waals surface area contributed by atoms with Crippen molar-refractivity contribution in [3.8, 4) is 5.75 Å². The van der Waals surface area contributed by atoms with E-state index in [1.807, 2.05) is 18.2 Å². The molecule has 0 atom stereocenters. The van der Waals surface area contributed by atoms with Gasteiger partial charge in [-0.05, 0) is 30.7 Å². The maximum atomic E-state index is 11.8. The van der Waals surface area contributed by atoms with E-state index in [2.05, 4.69) is 0 Å². The van der Waals surface area contributed by atoms with E-state index in [1.54, 1.807) is 34.9 Å². The minimum atomic E-state index is -0.530. The predicted octanol–water partition coefficient (Wildman–Crippen LogP) is 2.16. The van der Waals surface area contributed by atoms with Crippen LogP contribution in [0.3, 0.4) is 0 Å². The first-order valence-corrected chi connectivity index (χ1v) is 7.27. The molecular formula is C17H16N2O4. The molecule has 3 aromatic rings. The molecule has 1 aromatic heterocycles. The van der Waals surface area contributed by atoms with Crippen molar-refractivity contribution in [3.05, 3.63) is 64.6 Å². The number of oxazole rings is 1. The van der Waals surface area contributed by atoms with Gasteiger partial charge in [-0.2, -0.15) is 0 Å². The quantitative estimate of drug-likeness (QED) is 0.707. The number of hydrogen-bond acceptors (Lipinski definition) is 4. The third kappa shape index (κ3) is 3.11. The molecule has 0 unspecified atom stereocenters. The zero-order valence-electron chi connectivity index (χ0n) is 12.4. The molecule has 0 radical (unpaired) electrons. The van der Waals surface area contributed by atoms with Crippen LogP contribution in [-0.2, 0) is 6.54 Å². The number of carbonyl (C=O) groups excluding carboxylic acids is 1. The summed E-state index contributed by atoms with van der Waals surface area (Å²) in [6, 6.07) is 14.1. The third-order valence-corrected chi connectivity index (χ3v) is 3.51. The van der Waals surface area contributed by atoms with E-state index in [0.717, 1.165) is 5.52 Å². The monoisotopic (exact) mass is 312 g/mol. The van der Waals surface area contributed by atoms with Crippen LogP contribution in [0.15, 0.2) is 57.7 Å². The number of rotatable bonds is 6. The number of nitrogens with two attached hydrogens (primary N) is 1. The Morgan fingerprint density at radius 3 is 2.70 bits per heavy atom. The molecule has 0 saturated carbocycles. The zero-order valence-corrected chi connectivity index (χ0v) is 12.4. The number of aryl methyl sites for hydroxylation is 1. The van der Waals surface area contributed by atoms with Crippen LogP contribution in [0.5, 0.6) is 5.75 Å². The molecular weight excluding hydrogens is 296 g/mol. The van der Waals surface area contributed by atoms with Crippen molar-refractivity contribution in [1.29, 1.82) is 0 Å². The normalized spacial score (nSPS) is 10.8. The predicted molar refractivity (Wildman–Crippen MR) is 85.5 cm³/mol. The number of para-hydroxylation sites is 3. The molecule has 23 heavy (non-hydrogen) atoms. The van der Waals surface area contributed by atoms with Crippen LogP contribution in [-0.4, -0.2) is 17.1 Å². The Balaban J connectivity index is 1.65. The Labute approximate surface area is 132 Å². The van der Waals surface area contributed by atoms with E-state index in [-0.39, 0.29) is 5.76 Å². The minimum Gasteiger partial charge on any atom is -0.493 e. The van der Waals surface area contributed by atoms with Crippen LogP contribution in [0.2, 0.25) is 0 Å². The van der Waals surface area contributed by atoms with Gasteiger partial charge in [0, 0.05) is 6.54 Å². The van der Waals surface area contributed by atoms with Crippen LogP contribution in [0.1, 0.15) is 16.8 Å². The van der Waals surface area contributed by atoms with E-state index >= 15 is 0 Å². The van der Waals surface area contributed by atoms with Gasteiger partial charge < -0.3 is 14.9 Å². The molecule has 3 rings (SSSR count). The van der Waals surface area contributed by atoms with Gasteiger partial charge >= 0.3 is 5.76 Å². The minimum absolute atomic E-state index is 0.346.